The molecule has 1 aromatic carbocycles. The molecule has 0 radical (unpaired) electrons. The first kappa shape index (κ1) is 13.8. The molecule has 1 fully saturated rings. The van der Waals surface area contributed by atoms with Crippen LogP contribution in [0.4, 0.5) is 4.39 Å². The van der Waals surface area contributed by atoms with Crippen molar-refractivity contribution in [1.29, 1.82) is 0 Å². The molecule has 2 unspecified atom stereocenters. The van der Waals surface area contributed by atoms with E-state index in [-0.39, 0.29) is 11.7 Å². The lowest BCUT2D eigenvalue weighted by Gasteiger charge is -2.27. The van der Waals surface area contributed by atoms with Gasteiger partial charge >= 0.3 is 0 Å². The molecule has 4 rings (SSSR count). The van der Waals surface area contributed by atoms with Gasteiger partial charge in [0.05, 0.1) is 11.4 Å². The highest BCUT2D eigenvalue weighted by atomic mass is 19.1. The normalized spacial score (nSPS) is 22.9. The number of rotatable bonds is 2. The minimum Gasteiger partial charge on any atom is -0.307 e. The number of aromatic nitrogens is 2. The van der Waals surface area contributed by atoms with E-state index in [0.717, 1.165) is 29.9 Å². The molecule has 2 bridgehead atoms. The van der Waals surface area contributed by atoms with Crippen LogP contribution in [-0.2, 0) is 6.42 Å². The Morgan fingerprint density at radius 1 is 1.14 bits per heavy atom. The molecule has 0 aliphatic carbocycles. The average Bonchev–Trinajstić information content (AvgIpc) is 2.88. The molecule has 2 aliphatic heterocycles. The van der Waals surface area contributed by atoms with Gasteiger partial charge in [0.1, 0.15) is 11.6 Å². The molecule has 3 heterocycles. The van der Waals surface area contributed by atoms with E-state index in [1.54, 1.807) is 0 Å². The minimum atomic E-state index is -0.213. The van der Waals surface area contributed by atoms with Crippen molar-refractivity contribution in [2.45, 2.75) is 51.1 Å². The van der Waals surface area contributed by atoms with Crippen molar-refractivity contribution in [1.82, 2.24) is 15.3 Å². The van der Waals surface area contributed by atoms with Gasteiger partial charge in [-0.1, -0.05) is 13.8 Å². The molecule has 1 saturated heterocycles. The third-order valence-corrected chi connectivity index (χ3v) is 4.70. The molecule has 0 saturated carbocycles. The molecule has 2 aliphatic rings. The van der Waals surface area contributed by atoms with Gasteiger partial charge in [-0.3, -0.25) is 0 Å². The monoisotopic (exact) mass is 297 g/mol. The number of fused-ring (bicyclic) bond motifs is 4. The van der Waals surface area contributed by atoms with Crippen molar-refractivity contribution in [3.05, 3.63) is 47.2 Å². The van der Waals surface area contributed by atoms with E-state index < -0.39 is 0 Å². The number of halogens is 1. The molecule has 114 valence electrons. The Bertz CT molecular complexity index is 709. The fourth-order valence-corrected chi connectivity index (χ4v) is 3.58. The zero-order valence-electron chi connectivity index (χ0n) is 12.9. The lowest BCUT2D eigenvalue weighted by Crippen LogP contribution is -2.33. The first-order valence-corrected chi connectivity index (χ1v) is 8.04. The quantitative estimate of drug-likeness (QED) is 0.917. The molecule has 2 atom stereocenters. The van der Waals surface area contributed by atoms with Crippen LogP contribution in [0.5, 0.6) is 0 Å². The Morgan fingerprint density at radius 3 is 2.64 bits per heavy atom. The van der Waals surface area contributed by atoms with Crippen LogP contribution in [-0.4, -0.2) is 16.0 Å². The van der Waals surface area contributed by atoms with Crippen molar-refractivity contribution in [3.8, 4) is 11.3 Å². The summed E-state index contributed by atoms with van der Waals surface area (Å²) in [6.45, 7) is 4.23. The molecule has 22 heavy (non-hydrogen) atoms. The summed E-state index contributed by atoms with van der Waals surface area (Å²) in [5, 5.41) is 3.66. The smallest absolute Gasteiger partial charge is 0.131 e. The standard InChI is InChI=1S/C18H20FN3/c1-10(2)18-21-15-9-13-7-8-14(20-13)16(15)17(22-18)11-3-5-12(19)6-4-11/h3-6,10,13-14,20H,7-9H2,1-2H3. The van der Waals surface area contributed by atoms with Crippen molar-refractivity contribution in [2.75, 3.05) is 0 Å². The fourth-order valence-electron chi connectivity index (χ4n) is 3.58. The van der Waals surface area contributed by atoms with E-state index in [1.165, 1.54) is 29.8 Å². The molecular weight excluding hydrogens is 277 g/mol. The SMILES string of the molecule is CC(C)c1nc2c(c(-c3ccc(F)cc3)n1)C1CCC(C2)N1. The Hall–Kier alpha value is -1.81. The maximum Gasteiger partial charge on any atom is 0.131 e. The van der Waals surface area contributed by atoms with Crippen LogP contribution in [0.15, 0.2) is 24.3 Å². The van der Waals surface area contributed by atoms with Crippen LogP contribution in [0, 0.1) is 5.82 Å². The molecule has 4 heteroatoms. The zero-order valence-corrected chi connectivity index (χ0v) is 12.9. The molecule has 1 N–H and O–H groups in total. The summed E-state index contributed by atoms with van der Waals surface area (Å²) in [5.74, 6) is 0.964. The second kappa shape index (κ2) is 5.13. The lowest BCUT2D eigenvalue weighted by atomic mass is 9.94. The van der Waals surface area contributed by atoms with E-state index in [0.29, 0.717) is 12.1 Å². The maximum absolute atomic E-state index is 13.3. The second-order valence-electron chi connectivity index (χ2n) is 6.65. The first-order chi connectivity index (χ1) is 10.6. The van der Waals surface area contributed by atoms with Crippen LogP contribution in [0.1, 0.15) is 55.7 Å². The Kier molecular flexibility index (Phi) is 3.22. The topological polar surface area (TPSA) is 37.8 Å². The Balaban J connectivity index is 1.92. The van der Waals surface area contributed by atoms with Crippen LogP contribution >= 0.6 is 0 Å². The first-order valence-electron chi connectivity index (χ1n) is 8.04. The van der Waals surface area contributed by atoms with Gasteiger partial charge in [0.25, 0.3) is 0 Å². The van der Waals surface area contributed by atoms with Crippen molar-refractivity contribution < 1.29 is 4.39 Å². The van der Waals surface area contributed by atoms with Gasteiger partial charge < -0.3 is 5.32 Å². The molecule has 0 spiro atoms. The van der Waals surface area contributed by atoms with Crippen LogP contribution < -0.4 is 5.32 Å². The summed E-state index contributed by atoms with van der Waals surface area (Å²) in [4.78, 5) is 9.66. The predicted molar refractivity (Wildman–Crippen MR) is 84.1 cm³/mol. The van der Waals surface area contributed by atoms with Gasteiger partial charge in [-0.25, -0.2) is 14.4 Å². The van der Waals surface area contributed by atoms with Crippen LogP contribution in [0.3, 0.4) is 0 Å². The number of benzene rings is 1. The highest BCUT2D eigenvalue weighted by Crippen LogP contribution is 2.40. The third kappa shape index (κ3) is 2.22. The summed E-state index contributed by atoms with van der Waals surface area (Å²) in [5.41, 5.74) is 4.37. The van der Waals surface area contributed by atoms with E-state index >= 15 is 0 Å². The van der Waals surface area contributed by atoms with Gasteiger partial charge in [-0.15, -0.1) is 0 Å². The summed E-state index contributed by atoms with van der Waals surface area (Å²) >= 11 is 0. The minimum absolute atomic E-state index is 0.213. The van der Waals surface area contributed by atoms with Crippen molar-refractivity contribution >= 4 is 0 Å². The second-order valence-corrected chi connectivity index (χ2v) is 6.65. The van der Waals surface area contributed by atoms with E-state index in [2.05, 4.69) is 19.2 Å². The van der Waals surface area contributed by atoms with Crippen molar-refractivity contribution in [3.63, 3.8) is 0 Å². The zero-order chi connectivity index (χ0) is 15.3. The molecule has 3 nitrogen and oxygen atoms in total. The number of hydrogen-bond donors (Lipinski definition) is 1. The van der Waals surface area contributed by atoms with Crippen LogP contribution in [0.25, 0.3) is 11.3 Å². The summed E-state index contributed by atoms with van der Waals surface area (Å²) in [7, 11) is 0. The number of nitrogens with one attached hydrogen (secondary N) is 1. The predicted octanol–water partition coefficient (Wildman–Crippen LogP) is 3.76. The van der Waals surface area contributed by atoms with Crippen LogP contribution in [0.2, 0.25) is 0 Å². The summed E-state index contributed by atoms with van der Waals surface area (Å²) in [6, 6.07) is 7.55. The van der Waals surface area contributed by atoms with Gasteiger partial charge in [0, 0.05) is 35.5 Å². The highest BCUT2D eigenvalue weighted by molar-refractivity contribution is 5.65. The summed E-state index contributed by atoms with van der Waals surface area (Å²) in [6.07, 6.45) is 3.30. The van der Waals surface area contributed by atoms with E-state index in [4.69, 9.17) is 9.97 Å². The van der Waals surface area contributed by atoms with Gasteiger partial charge in [-0.05, 0) is 37.1 Å². The average molecular weight is 297 g/mol. The van der Waals surface area contributed by atoms with Gasteiger partial charge in [-0.2, -0.15) is 0 Å². The molecular formula is C18H20FN3. The lowest BCUT2D eigenvalue weighted by molar-refractivity contribution is 0.501. The highest BCUT2D eigenvalue weighted by Gasteiger charge is 2.36. The van der Waals surface area contributed by atoms with Crippen molar-refractivity contribution in [2.24, 2.45) is 0 Å². The third-order valence-electron chi connectivity index (χ3n) is 4.70. The summed E-state index contributed by atoms with van der Waals surface area (Å²) < 4.78 is 13.3. The van der Waals surface area contributed by atoms with E-state index in [9.17, 15) is 4.39 Å². The number of nitrogens with zero attached hydrogens (tertiary/aromatic N) is 2. The number of hydrogen-bond acceptors (Lipinski definition) is 3. The largest absolute Gasteiger partial charge is 0.307 e. The molecule has 1 aromatic heterocycles. The Labute approximate surface area is 130 Å². The van der Waals surface area contributed by atoms with Gasteiger partial charge in [0.2, 0.25) is 0 Å². The Morgan fingerprint density at radius 2 is 1.91 bits per heavy atom. The van der Waals surface area contributed by atoms with Gasteiger partial charge in [0.15, 0.2) is 0 Å². The maximum atomic E-state index is 13.3. The molecule has 0 amide bonds. The van der Waals surface area contributed by atoms with E-state index in [1.807, 2.05) is 12.1 Å². The fraction of sp³-hybridized carbons (Fsp3) is 0.444. The molecule has 2 aromatic rings.